The van der Waals surface area contributed by atoms with Gasteiger partial charge in [-0.15, -0.1) is 0 Å². The second kappa shape index (κ2) is 11.7. The summed E-state index contributed by atoms with van der Waals surface area (Å²) in [5.41, 5.74) is 0. The second-order valence-corrected chi connectivity index (χ2v) is 4.25. The molecule has 1 N–H and O–H groups in total. The highest BCUT2D eigenvalue weighted by Crippen LogP contribution is 2.12. The van der Waals surface area contributed by atoms with E-state index >= 15 is 0 Å². The van der Waals surface area contributed by atoms with E-state index < -0.39 is 6.16 Å². The summed E-state index contributed by atoms with van der Waals surface area (Å²) in [6, 6.07) is 0. The molecule has 0 heterocycles. The molecule has 0 radical (unpaired) electrons. The monoisotopic (exact) mass is 246 g/mol. The van der Waals surface area contributed by atoms with E-state index in [1.54, 1.807) is 0 Å². The van der Waals surface area contributed by atoms with E-state index in [0.29, 0.717) is 0 Å². The summed E-state index contributed by atoms with van der Waals surface area (Å²) < 4.78 is 10.3. The van der Waals surface area contributed by atoms with Gasteiger partial charge in [-0.25, -0.2) is 4.79 Å². The zero-order chi connectivity index (χ0) is 12.9. The first-order chi connectivity index (χ1) is 8.20. The SMILES string of the molecule is CCCCOC(CCCC)CCCOC(=O)O. The minimum atomic E-state index is -1.19. The van der Waals surface area contributed by atoms with Crippen LogP contribution in [0.5, 0.6) is 0 Å². The lowest BCUT2D eigenvalue weighted by Gasteiger charge is -2.17. The van der Waals surface area contributed by atoms with Crippen molar-refractivity contribution in [3.63, 3.8) is 0 Å². The van der Waals surface area contributed by atoms with Crippen LogP contribution < -0.4 is 0 Å². The van der Waals surface area contributed by atoms with Gasteiger partial charge in [-0.1, -0.05) is 33.1 Å². The lowest BCUT2D eigenvalue weighted by atomic mass is 10.1. The van der Waals surface area contributed by atoms with E-state index in [9.17, 15) is 4.79 Å². The van der Waals surface area contributed by atoms with Gasteiger partial charge >= 0.3 is 6.16 Å². The fraction of sp³-hybridized carbons (Fsp3) is 0.923. The van der Waals surface area contributed by atoms with Gasteiger partial charge in [0, 0.05) is 6.61 Å². The van der Waals surface area contributed by atoms with Crippen LogP contribution >= 0.6 is 0 Å². The van der Waals surface area contributed by atoms with Crippen LogP contribution in [-0.4, -0.2) is 30.6 Å². The average Bonchev–Trinajstić information content (AvgIpc) is 2.30. The molecule has 4 heteroatoms. The van der Waals surface area contributed by atoms with Crippen LogP contribution in [0.15, 0.2) is 0 Å². The summed E-state index contributed by atoms with van der Waals surface area (Å²) in [5, 5.41) is 8.34. The van der Waals surface area contributed by atoms with Crippen molar-refractivity contribution in [2.24, 2.45) is 0 Å². The minimum absolute atomic E-state index is 0.263. The van der Waals surface area contributed by atoms with Crippen molar-refractivity contribution in [1.29, 1.82) is 0 Å². The number of ether oxygens (including phenoxy) is 2. The first kappa shape index (κ1) is 16.2. The molecule has 0 aliphatic rings. The van der Waals surface area contributed by atoms with Crippen molar-refractivity contribution in [3.05, 3.63) is 0 Å². The number of rotatable bonds is 11. The Morgan fingerprint density at radius 3 is 2.29 bits per heavy atom. The standard InChI is InChI=1S/C13H26O4/c1-3-5-8-12(16-10-6-4-2)9-7-11-17-13(14)15/h12H,3-11H2,1-2H3,(H,14,15). The molecule has 17 heavy (non-hydrogen) atoms. The molecule has 0 aromatic heterocycles. The molecule has 0 bridgehead atoms. The van der Waals surface area contributed by atoms with Crippen molar-refractivity contribution in [3.8, 4) is 0 Å². The Hall–Kier alpha value is -0.770. The van der Waals surface area contributed by atoms with Crippen molar-refractivity contribution in [1.82, 2.24) is 0 Å². The van der Waals surface area contributed by atoms with E-state index in [4.69, 9.17) is 9.84 Å². The number of unbranched alkanes of at least 4 members (excludes halogenated alkanes) is 2. The number of hydrogen-bond acceptors (Lipinski definition) is 3. The Labute approximate surface area is 104 Å². The highest BCUT2D eigenvalue weighted by Gasteiger charge is 2.08. The molecule has 0 amide bonds. The van der Waals surface area contributed by atoms with Crippen LogP contribution in [0.2, 0.25) is 0 Å². The lowest BCUT2D eigenvalue weighted by Crippen LogP contribution is -2.15. The van der Waals surface area contributed by atoms with Gasteiger partial charge in [0.05, 0.1) is 12.7 Å². The molecule has 0 saturated heterocycles. The molecule has 1 atom stereocenters. The zero-order valence-electron chi connectivity index (χ0n) is 11.1. The third-order valence-corrected chi connectivity index (χ3v) is 2.63. The molecule has 102 valence electrons. The molecule has 0 aliphatic heterocycles. The molecule has 0 fully saturated rings. The van der Waals surface area contributed by atoms with Crippen LogP contribution in [0, 0.1) is 0 Å². The van der Waals surface area contributed by atoms with E-state index in [1.165, 1.54) is 6.42 Å². The third-order valence-electron chi connectivity index (χ3n) is 2.63. The van der Waals surface area contributed by atoms with Crippen molar-refractivity contribution >= 4 is 6.16 Å². The van der Waals surface area contributed by atoms with Crippen LogP contribution in [0.25, 0.3) is 0 Å². The van der Waals surface area contributed by atoms with Crippen molar-refractivity contribution in [2.45, 2.75) is 64.9 Å². The largest absolute Gasteiger partial charge is 0.505 e. The molecule has 0 aliphatic carbocycles. The zero-order valence-corrected chi connectivity index (χ0v) is 11.1. The van der Waals surface area contributed by atoms with Crippen LogP contribution in [0.1, 0.15) is 58.8 Å². The van der Waals surface area contributed by atoms with Gasteiger partial charge in [-0.3, -0.25) is 0 Å². The fourth-order valence-corrected chi connectivity index (χ4v) is 1.61. The summed E-state index contributed by atoms with van der Waals surface area (Å²) in [6.45, 7) is 5.39. The average molecular weight is 246 g/mol. The minimum Gasteiger partial charge on any atom is -0.450 e. The van der Waals surface area contributed by atoms with Crippen molar-refractivity contribution < 1.29 is 19.4 Å². The highest BCUT2D eigenvalue weighted by atomic mass is 16.7. The van der Waals surface area contributed by atoms with Crippen LogP contribution in [0.3, 0.4) is 0 Å². The van der Waals surface area contributed by atoms with Gasteiger partial charge in [0.2, 0.25) is 0 Å². The summed E-state index contributed by atoms with van der Waals surface area (Å²) >= 11 is 0. The Kier molecular flexibility index (Phi) is 11.2. The Morgan fingerprint density at radius 1 is 1.06 bits per heavy atom. The fourth-order valence-electron chi connectivity index (χ4n) is 1.61. The Morgan fingerprint density at radius 2 is 1.71 bits per heavy atom. The lowest BCUT2D eigenvalue weighted by molar-refractivity contribution is 0.0301. The molecule has 0 spiro atoms. The molecule has 1 unspecified atom stereocenters. The molecule has 4 nitrogen and oxygen atoms in total. The molecule has 0 rings (SSSR count). The third kappa shape index (κ3) is 11.5. The predicted molar refractivity (Wildman–Crippen MR) is 67.4 cm³/mol. The molecular weight excluding hydrogens is 220 g/mol. The highest BCUT2D eigenvalue weighted by molar-refractivity contribution is 5.56. The maximum Gasteiger partial charge on any atom is 0.505 e. The number of carbonyl (C=O) groups is 1. The van der Waals surface area contributed by atoms with E-state index in [1.807, 2.05) is 0 Å². The smallest absolute Gasteiger partial charge is 0.450 e. The van der Waals surface area contributed by atoms with Crippen LogP contribution in [-0.2, 0) is 9.47 Å². The van der Waals surface area contributed by atoms with Gasteiger partial charge in [0.15, 0.2) is 0 Å². The van der Waals surface area contributed by atoms with Gasteiger partial charge in [-0.2, -0.15) is 0 Å². The van der Waals surface area contributed by atoms with Gasteiger partial charge in [0.1, 0.15) is 0 Å². The normalized spacial score (nSPS) is 12.4. The molecule has 0 aromatic carbocycles. The van der Waals surface area contributed by atoms with Crippen molar-refractivity contribution in [2.75, 3.05) is 13.2 Å². The molecule has 0 saturated carbocycles. The van der Waals surface area contributed by atoms with Gasteiger partial charge < -0.3 is 14.6 Å². The predicted octanol–water partition coefficient (Wildman–Crippen LogP) is 3.84. The van der Waals surface area contributed by atoms with Gasteiger partial charge in [-0.05, 0) is 25.7 Å². The maximum atomic E-state index is 10.2. The topological polar surface area (TPSA) is 55.8 Å². The maximum absolute atomic E-state index is 10.2. The Bertz CT molecular complexity index is 182. The summed E-state index contributed by atoms with van der Waals surface area (Å²) in [7, 11) is 0. The molecular formula is C13H26O4. The van der Waals surface area contributed by atoms with E-state index in [2.05, 4.69) is 18.6 Å². The first-order valence-corrected chi connectivity index (χ1v) is 6.68. The first-order valence-electron chi connectivity index (χ1n) is 6.68. The number of hydrogen-bond donors (Lipinski definition) is 1. The summed E-state index contributed by atoms with van der Waals surface area (Å²) in [5.74, 6) is 0. The van der Waals surface area contributed by atoms with E-state index in [0.717, 1.165) is 45.1 Å². The van der Waals surface area contributed by atoms with E-state index in [-0.39, 0.29) is 12.7 Å². The quantitative estimate of drug-likeness (QED) is 0.444. The van der Waals surface area contributed by atoms with Gasteiger partial charge in [0.25, 0.3) is 0 Å². The number of carboxylic acid groups (broad SMARTS) is 1. The van der Waals surface area contributed by atoms with Crippen LogP contribution in [0.4, 0.5) is 4.79 Å². The molecule has 0 aromatic rings. The summed E-state index contributed by atoms with van der Waals surface area (Å²) in [6.07, 6.45) is 6.32. The Balaban J connectivity index is 3.64. The second-order valence-electron chi connectivity index (χ2n) is 4.25. The summed E-state index contributed by atoms with van der Waals surface area (Å²) in [4.78, 5) is 10.2.